The van der Waals surface area contributed by atoms with Crippen LogP contribution in [0.15, 0.2) is 4.99 Å². The minimum absolute atomic E-state index is 0. The molecule has 10 heteroatoms. The number of likely N-dealkylation sites (tertiary alicyclic amines) is 1. The van der Waals surface area contributed by atoms with Crippen molar-refractivity contribution < 1.29 is 8.42 Å². The van der Waals surface area contributed by atoms with Crippen LogP contribution in [0.3, 0.4) is 0 Å². The van der Waals surface area contributed by atoms with Crippen LogP contribution in [0.5, 0.6) is 0 Å². The second-order valence-electron chi connectivity index (χ2n) is 7.36. The Morgan fingerprint density at radius 3 is 2.43 bits per heavy atom. The first-order chi connectivity index (χ1) is 12.7. The van der Waals surface area contributed by atoms with E-state index >= 15 is 0 Å². The Balaban J connectivity index is 0.00000392. The lowest BCUT2D eigenvalue weighted by molar-refractivity contribution is 0.216. The number of sulfone groups is 1. The second-order valence-corrected chi connectivity index (χ2v) is 9.62. The number of rotatable bonds is 7. The fourth-order valence-electron chi connectivity index (χ4n) is 3.31. The second kappa shape index (κ2) is 11.3. The Bertz CT molecular complexity index is 754. The molecule has 1 aliphatic rings. The van der Waals surface area contributed by atoms with Gasteiger partial charge in [0.25, 0.3) is 0 Å². The fourth-order valence-corrected chi connectivity index (χ4v) is 3.90. The summed E-state index contributed by atoms with van der Waals surface area (Å²) in [7, 11) is -0.941. The van der Waals surface area contributed by atoms with Gasteiger partial charge < -0.3 is 15.5 Å². The van der Waals surface area contributed by atoms with Gasteiger partial charge in [-0.25, -0.2) is 13.4 Å². The van der Waals surface area contributed by atoms with Crippen molar-refractivity contribution in [2.45, 2.75) is 46.2 Å². The molecule has 1 aliphatic heterocycles. The Labute approximate surface area is 186 Å². The van der Waals surface area contributed by atoms with Gasteiger partial charge in [-0.2, -0.15) is 5.10 Å². The molecule has 0 atom stereocenters. The van der Waals surface area contributed by atoms with Crippen LogP contribution >= 0.6 is 24.0 Å². The Kier molecular flexibility index (Phi) is 10.2. The summed E-state index contributed by atoms with van der Waals surface area (Å²) in [4.78, 5) is 6.98. The molecule has 2 heterocycles. The van der Waals surface area contributed by atoms with Crippen LogP contribution in [0.4, 0.5) is 0 Å². The van der Waals surface area contributed by atoms with Crippen molar-refractivity contribution in [1.82, 2.24) is 25.3 Å². The molecule has 0 aliphatic carbocycles. The zero-order valence-electron chi connectivity index (χ0n) is 17.7. The molecule has 28 heavy (non-hydrogen) atoms. The van der Waals surface area contributed by atoms with Crippen molar-refractivity contribution in [3.8, 4) is 0 Å². The molecule has 1 saturated heterocycles. The largest absolute Gasteiger partial charge is 0.357 e. The number of nitrogens with zero attached hydrogens (tertiary/aromatic N) is 4. The summed E-state index contributed by atoms with van der Waals surface area (Å²) in [6.07, 6.45) is 3.27. The molecular weight excluding hydrogens is 491 g/mol. The number of aliphatic imine (C=N–C) groups is 1. The molecule has 162 valence electrons. The maximum Gasteiger partial charge on any atom is 0.191 e. The highest BCUT2D eigenvalue weighted by molar-refractivity contribution is 14.0. The monoisotopic (exact) mass is 526 g/mol. The third kappa shape index (κ3) is 7.86. The van der Waals surface area contributed by atoms with E-state index in [1.54, 1.807) is 0 Å². The molecule has 8 nitrogen and oxygen atoms in total. The normalized spacial score (nSPS) is 16.7. The number of piperidine rings is 1. The maximum atomic E-state index is 11.3. The SMILES string of the molecule is CCNC(=NCc1c(C)nn(C)c1C)NC1CCN(CCS(C)(=O)=O)CC1.I. The van der Waals surface area contributed by atoms with E-state index in [-0.39, 0.29) is 29.7 Å². The fraction of sp³-hybridized carbons (Fsp3) is 0.778. The van der Waals surface area contributed by atoms with Gasteiger partial charge in [-0.05, 0) is 33.6 Å². The van der Waals surface area contributed by atoms with E-state index in [0.717, 1.165) is 49.8 Å². The van der Waals surface area contributed by atoms with E-state index in [1.807, 2.05) is 18.7 Å². The van der Waals surface area contributed by atoms with Crippen LogP contribution in [-0.2, 0) is 23.4 Å². The first kappa shape index (κ1) is 25.2. The number of nitrogens with one attached hydrogen (secondary N) is 2. The molecule has 1 fully saturated rings. The number of hydrogen-bond acceptors (Lipinski definition) is 5. The van der Waals surface area contributed by atoms with Gasteiger partial charge in [0, 0.05) is 56.8 Å². The number of aromatic nitrogens is 2. The molecule has 0 amide bonds. The van der Waals surface area contributed by atoms with E-state index < -0.39 is 9.84 Å². The van der Waals surface area contributed by atoms with Crippen molar-refractivity contribution in [1.29, 1.82) is 0 Å². The van der Waals surface area contributed by atoms with Gasteiger partial charge in [0.2, 0.25) is 0 Å². The molecular formula is C18H35IN6O2S. The van der Waals surface area contributed by atoms with E-state index in [4.69, 9.17) is 4.99 Å². The zero-order valence-corrected chi connectivity index (χ0v) is 20.8. The van der Waals surface area contributed by atoms with Crippen LogP contribution < -0.4 is 10.6 Å². The van der Waals surface area contributed by atoms with Gasteiger partial charge in [-0.15, -0.1) is 24.0 Å². The van der Waals surface area contributed by atoms with Crippen LogP contribution in [0, 0.1) is 13.8 Å². The Morgan fingerprint density at radius 1 is 1.29 bits per heavy atom. The standard InChI is InChI=1S/C18H34N6O2S.HI/c1-6-19-18(20-13-17-14(2)22-23(4)15(17)3)21-16-7-9-24(10-8-16)11-12-27(5,25)26;/h16H,6-13H2,1-5H3,(H2,19,20,21);1H. The van der Waals surface area contributed by atoms with E-state index in [0.29, 0.717) is 19.1 Å². The molecule has 0 aromatic carbocycles. The third-order valence-electron chi connectivity index (χ3n) is 5.11. The van der Waals surface area contributed by atoms with Gasteiger partial charge >= 0.3 is 0 Å². The average Bonchev–Trinajstić information content (AvgIpc) is 2.84. The molecule has 2 rings (SSSR count). The van der Waals surface area contributed by atoms with E-state index in [9.17, 15) is 8.42 Å². The lowest BCUT2D eigenvalue weighted by atomic mass is 10.1. The molecule has 0 spiro atoms. The summed E-state index contributed by atoms with van der Waals surface area (Å²) in [6.45, 7) is 10.0. The Hall–Kier alpha value is -0.880. The lowest BCUT2D eigenvalue weighted by Gasteiger charge is -2.32. The Morgan fingerprint density at radius 2 is 1.93 bits per heavy atom. The van der Waals surface area contributed by atoms with E-state index in [1.165, 1.54) is 11.8 Å². The van der Waals surface area contributed by atoms with Crippen molar-refractivity contribution >= 4 is 39.8 Å². The quantitative estimate of drug-likeness (QED) is 0.316. The van der Waals surface area contributed by atoms with Crippen molar-refractivity contribution in [2.75, 3.05) is 38.2 Å². The van der Waals surface area contributed by atoms with Gasteiger partial charge in [-0.1, -0.05) is 0 Å². The zero-order chi connectivity index (χ0) is 20.0. The van der Waals surface area contributed by atoms with Gasteiger partial charge in [0.1, 0.15) is 9.84 Å². The summed E-state index contributed by atoms with van der Waals surface area (Å²) < 4.78 is 24.5. The van der Waals surface area contributed by atoms with Crippen molar-refractivity contribution in [3.05, 3.63) is 17.0 Å². The van der Waals surface area contributed by atoms with Gasteiger partial charge in [-0.3, -0.25) is 4.68 Å². The van der Waals surface area contributed by atoms with Crippen LogP contribution in [0.2, 0.25) is 0 Å². The average molecular weight is 526 g/mol. The van der Waals surface area contributed by atoms with Gasteiger partial charge in [0.15, 0.2) is 5.96 Å². The summed E-state index contributed by atoms with van der Waals surface area (Å²) >= 11 is 0. The topological polar surface area (TPSA) is 91.6 Å². The van der Waals surface area contributed by atoms with E-state index in [2.05, 4.69) is 34.5 Å². The predicted octanol–water partition coefficient (Wildman–Crippen LogP) is 1.22. The molecule has 0 radical (unpaired) electrons. The molecule has 0 bridgehead atoms. The summed E-state index contributed by atoms with van der Waals surface area (Å²) in [5, 5.41) is 11.3. The number of aryl methyl sites for hydroxylation is 2. The smallest absolute Gasteiger partial charge is 0.191 e. The molecule has 1 aromatic rings. The van der Waals surface area contributed by atoms with Crippen molar-refractivity contribution in [2.24, 2.45) is 12.0 Å². The first-order valence-corrected chi connectivity index (χ1v) is 11.7. The summed E-state index contributed by atoms with van der Waals surface area (Å²) in [5.74, 6) is 1.06. The third-order valence-corrected chi connectivity index (χ3v) is 6.03. The predicted molar refractivity (Wildman–Crippen MR) is 125 cm³/mol. The molecule has 0 saturated carbocycles. The van der Waals surface area contributed by atoms with Gasteiger partial charge in [0.05, 0.1) is 18.0 Å². The maximum absolute atomic E-state index is 11.3. The highest BCUT2D eigenvalue weighted by Crippen LogP contribution is 2.13. The van der Waals surface area contributed by atoms with Crippen LogP contribution in [-0.4, -0.2) is 73.3 Å². The van der Waals surface area contributed by atoms with Crippen molar-refractivity contribution in [3.63, 3.8) is 0 Å². The highest BCUT2D eigenvalue weighted by atomic mass is 127. The first-order valence-electron chi connectivity index (χ1n) is 9.63. The summed E-state index contributed by atoms with van der Waals surface area (Å²) in [6, 6.07) is 0.355. The molecule has 1 aromatic heterocycles. The number of hydrogen-bond donors (Lipinski definition) is 2. The number of halogens is 1. The number of guanidine groups is 1. The minimum atomic E-state index is -2.90. The van der Waals surface area contributed by atoms with Crippen LogP contribution in [0.1, 0.15) is 36.7 Å². The molecule has 2 N–H and O–H groups in total. The van der Waals surface area contributed by atoms with Crippen LogP contribution in [0.25, 0.3) is 0 Å². The highest BCUT2D eigenvalue weighted by Gasteiger charge is 2.21. The summed E-state index contributed by atoms with van der Waals surface area (Å²) in [5.41, 5.74) is 3.34. The minimum Gasteiger partial charge on any atom is -0.357 e. The lowest BCUT2D eigenvalue weighted by Crippen LogP contribution is -2.49. The molecule has 0 unspecified atom stereocenters.